The van der Waals surface area contributed by atoms with Gasteiger partial charge in [-0.1, -0.05) is 36.4 Å². The number of carbonyl (C=O) groups excluding carboxylic acids is 1. The number of carbonyl (C=O) groups is 1. The highest BCUT2D eigenvalue weighted by molar-refractivity contribution is 8.14. The third-order valence-electron chi connectivity index (χ3n) is 3.79. The minimum absolute atomic E-state index is 0.00784. The van der Waals surface area contributed by atoms with Crippen LogP contribution in [0.25, 0.3) is 21.8 Å². The maximum Gasteiger partial charge on any atom is 0.227 e. The van der Waals surface area contributed by atoms with E-state index in [2.05, 4.69) is 9.97 Å². The highest BCUT2D eigenvalue weighted by atomic mass is 32.2. The second kappa shape index (κ2) is 5.56. The molecule has 3 aromatic carbocycles. The van der Waals surface area contributed by atoms with E-state index in [1.165, 1.54) is 5.56 Å². The zero-order valence-corrected chi connectivity index (χ0v) is 13.4. The second-order valence-corrected chi connectivity index (χ2v) is 6.48. The summed E-state index contributed by atoms with van der Waals surface area (Å²) >= 11 is 1.13. The lowest BCUT2D eigenvalue weighted by Gasteiger charge is -2.01. The van der Waals surface area contributed by atoms with Gasteiger partial charge >= 0.3 is 0 Å². The summed E-state index contributed by atoms with van der Waals surface area (Å²) in [6.45, 7) is 2.04. The minimum Gasteiger partial charge on any atom is -0.333 e. The highest BCUT2D eigenvalue weighted by Crippen LogP contribution is 2.25. The summed E-state index contributed by atoms with van der Waals surface area (Å²) in [6.07, 6.45) is 0. The first-order chi connectivity index (χ1) is 11.2. The van der Waals surface area contributed by atoms with E-state index in [9.17, 15) is 4.79 Å². The number of imidazole rings is 1. The number of fused-ring (bicyclic) bond motifs is 2. The minimum atomic E-state index is -0.00784. The lowest BCUT2D eigenvalue weighted by atomic mass is 10.1. The van der Waals surface area contributed by atoms with E-state index in [4.69, 9.17) is 0 Å². The van der Waals surface area contributed by atoms with Crippen LogP contribution in [0.15, 0.2) is 65.8 Å². The molecule has 4 rings (SSSR count). The molecule has 0 saturated heterocycles. The molecule has 4 aromatic rings. The fraction of sp³-hybridized carbons (Fsp3) is 0.0526. The number of thioether (sulfide) groups is 1. The van der Waals surface area contributed by atoms with E-state index in [1.54, 1.807) is 0 Å². The van der Waals surface area contributed by atoms with Crippen LogP contribution in [-0.2, 0) is 0 Å². The van der Waals surface area contributed by atoms with Crippen LogP contribution >= 0.6 is 11.8 Å². The molecule has 0 unspecified atom stereocenters. The van der Waals surface area contributed by atoms with Crippen molar-refractivity contribution in [1.29, 1.82) is 0 Å². The van der Waals surface area contributed by atoms with Gasteiger partial charge in [0.15, 0.2) is 5.16 Å². The van der Waals surface area contributed by atoms with Crippen molar-refractivity contribution in [3.05, 3.63) is 71.8 Å². The Hall–Kier alpha value is -2.59. The summed E-state index contributed by atoms with van der Waals surface area (Å²) in [5.41, 5.74) is 3.69. The maximum atomic E-state index is 12.5. The fourth-order valence-electron chi connectivity index (χ4n) is 2.61. The molecule has 0 amide bonds. The number of nitrogens with zero attached hydrogens (tertiary/aromatic N) is 1. The monoisotopic (exact) mass is 318 g/mol. The van der Waals surface area contributed by atoms with Crippen molar-refractivity contribution in [2.75, 3.05) is 0 Å². The number of aromatic nitrogens is 2. The van der Waals surface area contributed by atoms with E-state index in [1.807, 2.05) is 67.6 Å². The smallest absolute Gasteiger partial charge is 0.227 e. The molecule has 23 heavy (non-hydrogen) atoms. The van der Waals surface area contributed by atoms with Crippen molar-refractivity contribution in [2.45, 2.75) is 12.1 Å². The molecule has 0 radical (unpaired) electrons. The van der Waals surface area contributed by atoms with Gasteiger partial charge in [-0.05, 0) is 59.3 Å². The van der Waals surface area contributed by atoms with Crippen LogP contribution < -0.4 is 0 Å². The van der Waals surface area contributed by atoms with E-state index < -0.39 is 0 Å². The first kappa shape index (κ1) is 14.0. The molecular weight excluding hydrogens is 304 g/mol. The Bertz CT molecular complexity index is 1040. The molecule has 0 aliphatic heterocycles. The van der Waals surface area contributed by atoms with Crippen molar-refractivity contribution < 1.29 is 4.79 Å². The predicted molar refractivity (Wildman–Crippen MR) is 95.0 cm³/mol. The standard InChI is InChI=1S/C19H14N2OS/c1-12-6-9-16-17(10-12)21-19(20-16)23-18(22)15-8-7-13-4-2-3-5-14(13)11-15/h2-11H,1H3,(H,20,21). The van der Waals surface area contributed by atoms with E-state index in [0.29, 0.717) is 10.7 Å². The van der Waals surface area contributed by atoms with Crippen molar-refractivity contribution in [1.82, 2.24) is 9.97 Å². The van der Waals surface area contributed by atoms with Crippen LogP contribution in [0, 0.1) is 6.92 Å². The second-order valence-electron chi connectivity index (χ2n) is 5.51. The van der Waals surface area contributed by atoms with Gasteiger partial charge in [0, 0.05) is 5.56 Å². The SMILES string of the molecule is Cc1ccc2nc(SC(=O)c3ccc4ccccc4c3)[nH]c2c1. The molecule has 0 spiro atoms. The Labute approximate surface area is 137 Å². The molecule has 1 N–H and O–H groups in total. The molecule has 1 heterocycles. The summed E-state index contributed by atoms with van der Waals surface area (Å²) < 4.78 is 0. The van der Waals surface area contributed by atoms with Gasteiger partial charge in [-0.3, -0.25) is 4.79 Å². The van der Waals surface area contributed by atoms with Crippen molar-refractivity contribution in [3.8, 4) is 0 Å². The molecule has 1 aromatic heterocycles. The van der Waals surface area contributed by atoms with Gasteiger partial charge in [-0.25, -0.2) is 4.98 Å². The Balaban J connectivity index is 1.64. The van der Waals surface area contributed by atoms with Gasteiger partial charge < -0.3 is 4.98 Å². The molecule has 0 bridgehead atoms. The number of hydrogen-bond acceptors (Lipinski definition) is 3. The van der Waals surface area contributed by atoms with Gasteiger partial charge in [0.05, 0.1) is 11.0 Å². The molecule has 0 aliphatic rings. The lowest BCUT2D eigenvalue weighted by molar-refractivity contribution is 0.108. The number of aromatic amines is 1. The maximum absolute atomic E-state index is 12.5. The van der Waals surface area contributed by atoms with E-state index in [-0.39, 0.29) is 5.12 Å². The van der Waals surface area contributed by atoms with E-state index in [0.717, 1.165) is 33.6 Å². The number of aryl methyl sites for hydroxylation is 1. The first-order valence-corrected chi connectivity index (χ1v) is 8.18. The molecule has 3 nitrogen and oxygen atoms in total. The average molecular weight is 318 g/mol. The topological polar surface area (TPSA) is 45.8 Å². The summed E-state index contributed by atoms with van der Waals surface area (Å²) in [4.78, 5) is 20.2. The lowest BCUT2D eigenvalue weighted by Crippen LogP contribution is -1.93. The number of rotatable bonds is 2. The third-order valence-corrected chi connectivity index (χ3v) is 4.60. The van der Waals surface area contributed by atoms with Crippen LogP contribution in [0.4, 0.5) is 0 Å². The van der Waals surface area contributed by atoms with E-state index >= 15 is 0 Å². The number of nitrogens with one attached hydrogen (secondary N) is 1. The Morgan fingerprint density at radius 1 is 1.00 bits per heavy atom. The summed E-state index contributed by atoms with van der Waals surface area (Å²) in [6, 6.07) is 19.8. The fourth-order valence-corrected chi connectivity index (χ4v) is 3.34. The number of benzene rings is 3. The molecule has 4 heteroatoms. The Morgan fingerprint density at radius 3 is 2.70 bits per heavy atom. The van der Waals surface area contributed by atoms with Gasteiger partial charge in [0.25, 0.3) is 0 Å². The molecule has 0 atom stereocenters. The summed E-state index contributed by atoms with van der Waals surface area (Å²) in [5, 5.41) is 2.82. The number of H-pyrrole nitrogens is 1. The largest absolute Gasteiger partial charge is 0.333 e. The van der Waals surface area contributed by atoms with Crippen LogP contribution in [0.5, 0.6) is 0 Å². The first-order valence-electron chi connectivity index (χ1n) is 7.36. The molecule has 0 aliphatic carbocycles. The number of hydrogen-bond donors (Lipinski definition) is 1. The van der Waals surface area contributed by atoms with Crippen LogP contribution in [0.3, 0.4) is 0 Å². The van der Waals surface area contributed by atoms with Gasteiger partial charge in [-0.2, -0.15) is 0 Å². The normalized spacial score (nSPS) is 11.2. The van der Waals surface area contributed by atoms with Gasteiger partial charge in [0.2, 0.25) is 5.12 Å². The molecular formula is C19H14N2OS. The quantitative estimate of drug-likeness (QED) is 0.531. The summed E-state index contributed by atoms with van der Waals surface area (Å²) in [7, 11) is 0. The molecule has 0 fully saturated rings. The van der Waals surface area contributed by atoms with Crippen molar-refractivity contribution in [3.63, 3.8) is 0 Å². The molecule has 0 saturated carbocycles. The van der Waals surface area contributed by atoms with Crippen LogP contribution in [0.2, 0.25) is 0 Å². The third kappa shape index (κ3) is 2.73. The van der Waals surface area contributed by atoms with Crippen LogP contribution in [0.1, 0.15) is 15.9 Å². The zero-order chi connectivity index (χ0) is 15.8. The Morgan fingerprint density at radius 2 is 1.83 bits per heavy atom. The van der Waals surface area contributed by atoms with Crippen molar-refractivity contribution in [2.24, 2.45) is 0 Å². The zero-order valence-electron chi connectivity index (χ0n) is 12.5. The highest BCUT2D eigenvalue weighted by Gasteiger charge is 2.12. The summed E-state index contributed by atoms with van der Waals surface area (Å²) in [5.74, 6) is 0. The average Bonchev–Trinajstić information content (AvgIpc) is 2.95. The Kier molecular flexibility index (Phi) is 3.39. The van der Waals surface area contributed by atoms with Gasteiger partial charge in [0.1, 0.15) is 0 Å². The van der Waals surface area contributed by atoms with Gasteiger partial charge in [-0.15, -0.1) is 0 Å². The van der Waals surface area contributed by atoms with Crippen LogP contribution in [-0.4, -0.2) is 15.1 Å². The predicted octanol–water partition coefficient (Wildman–Crippen LogP) is 4.96. The van der Waals surface area contributed by atoms with Crippen molar-refractivity contribution >= 4 is 38.7 Å². The molecule has 112 valence electrons.